The van der Waals surface area contributed by atoms with Gasteiger partial charge < -0.3 is 20.1 Å². The van der Waals surface area contributed by atoms with Crippen molar-refractivity contribution in [3.63, 3.8) is 0 Å². The summed E-state index contributed by atoms with van der Waals surface area (Å²) in [5.41, 5.74) is 0. The van der Waals surface area contributed by atoms with Gasteiger partial charge in [0, 0.05) is 19.7 Å². The van der Waals surface area contributed by atoms with Gasteiger partial charge in [-0.05, 0) is 20.3 Å². The van der Waals surface area contributed by atoms with Crippen LogP contribution >= 0.6 is 0 Å². The second-order valence-electron chi connectivity index (χ2n) is 4.14. The fraction of sp³-hybridized carbons (Fsp3) is 0.818. The van der Waals surface area contributed by atoms with E-state index in [0.29, 0.717) is 13.2 Å². The summed E-state index contributed by atoms with van der Waals surface area (Å²) < 4.78 is 5.35. The number of ether oxygens (including phenoxy) is 1. The standard InChI is InChI=1S/C11H20N2O4/c1-3-13(6-4-10(14)15)11(16)12-9-5-7-17-8(9)2/h8-9H,3-7H2,1-2H3,(H,12,16)(H,14,15). The maximum Gasteiger partial charge on any atom is 0.317 e. The summed E-state index contributed by atoms with van der Waals surface area (Å²) in [7, 11) is 0. The molecule has 0 saturated carbocycles. The van der Waals surface area contributed by atoms with E-state index in [0.717, 1.165) is 6.42 Å². The molecule has 1 fully saturated rings. The van der Waals surface area contributed by atoms with Gasteiger partial charge in [0.2, 0.25) is 0 Å². The van der Waals surface area contributed by atoms with E-state index in [1.54, 1.807) is 0 Å². The maximum absolute atomic E-state index is 11.9. The number of carboxylic acid groups (broad SMARTS) is 1. The summed E-state index contributed by atoms with van der Waals surface area (Å²) in [6, 6.07) is -0.183. The van der Waals surface area contributed by atoms with Gasteiger partial charge in [-0.15, -0.1) is 0 Å². The van der Waals surface area contributed by atoms with Crippen molar-refractivity contribution in [1.82, 2.24) is 10.2 Å². The zero-order valence-electron chi connectivity index (χ0n) is 10.3. The van der Waals surface area contributed by atoms with Gasteiger partial charge in [0.05, 0.1) is 18.6 Å². The van der Waals surface area contributed by atoms with Gasteiger partial charge in [-0.1, -0.05) is 0 Å². The molecular formula is C11H20N2O4. The molecule has 1 aliphatic rings. The van der Waals surface area contributed by atoms with Gasteiger partial charge in [-0.25, -0.2) is 4.79 Å². The fourth-order valence-corrected chi connectivity index (χ4v) is 1.81. The molecule has 98 valence electrons. The molecule has 2 atom stereocenters. The first-order chi connectivity index (χ1) is 8.04. The van der Waals surface area contributed by atoms with Crippen LogP contribution in [0.25, 0.3) is 0 Å². The molecule has 0 bridgehead atoms. The Labute approximate surface area is 101 Å². The highest BCUT2D eigenvalue weighted by molar-refractivity contribution is 5.75. The van der Waals surface area contributed by atoms with E-state index >= 15 is 0 Å². The molecule has 6 nitrogen and oxygen atoms in total. The number of aliphatic carboxylic acids is 1. The first-order valence-corrected chi connectivity index (χ1v) is 5.93. The second kappa shape index (κ2) is 6.44. The second-order valence-corrected chi connectivity index (χ2v) is 4.14. The van der Waals surface area contributed by atoms with E-state index in [1.807, 2.05) is 13.8 Å². The highest BCUT2D eigenvalue weighted by Gasteiger charge is 2.27. The van der Waals surface area contributed by atoms with Crippen molar-refractivity contribution in [1.29, 1.82) is 0 Å². The normalized spacial score (nSPS) is 23.4. The van der Waals surface area contributed by atoms with E-state index < -0.39 is 5.97 Å². The zero-order chi connectivity index (χ0) is 12.8. The van der Waals surface area contributed by atoms with Crippen LogP contribution < -0.4 is 5.32 Å². The maximum atomic E-state index is 11.9. The largest absolute Gasteiger partial charge is 0.481 e. The van der Waals surface area contributed by atoms with Crippen LogP contribution in [0.1, 0.15) is 26.7 Å². The molecule has 0 aromatic carbocycles. The molecule has 0 radical (unpaired) electrons. The molecule has 1 rings (SSSR count). The molecular weight excluding hydrogens is 224 g/mol. The number of carbonyl (C=O) groups excluding carboxylic acids is 1. The Bertz CT molecular complexity index is 283. The third-order valence-electron chi connectivity index (χ3n) is 2.95. The molecule has 2 amide bonds. The molecule has 0 spiro atoms. The number of rotatable bonds is 5. The third-order valence-corrected chi connectivity index (χ3v) is 2.95. The molecule has 0 aromatic heterocycles. The van der Waals surface area contributed by atoms with Crippen molar-refractivity contribution in [3.8, 4) is 0 Å². The molecule has 2 unspecified atom stereocenters. The van der Waals surface area contributed by atoms with E-state index in [9.17, 15) is 9.59 Å². The quantitative estimate of drug-likeness (QED) is 0.745. The van der Waals surface area contributed by atoms with Gasteiger partial charge in [-0.3, -0.25) is 4.79 Å². The molecule has 1 saturated heterocycles. The van der Waals surface area contributed by atoms with E-state index in [4.69, 9.17) is 9.84 Å². The van der Waals surface area contributed by atoms with Gasteiger partial charge >= 0.3 is 12.0 Å². The fourth-order valence-electron chi connectivity index (χ4n) is 1.81. The number of hydrogen-bond acceptors (Lipinski definition) is 3. The van der Waals surface area contributed by atoms with E-state index in [2.05, 4.69) is 5.32 Å². The summed E-state index contributed by atoms with van der Waals surface area (Å²) in [6.07, 6.45) is 0.804. The first-order valence-electron chi connectivity index (χ1n) is 5.93. The summed E-state index contributed by atoms with van der Waals surface area (Å²) in [5, 5.41) is 11.5. The molecule has 0 aromatic rings. The smallest absolute Gasteiger partial charge is 0.317 e. The minimum absolute atomic E-state index is 0.0251. The lowest BCUT2D eigenvalue weighted by Gasteiger charge is -2.24. The monoisotopic (exact) mass is 244 g/mol. The molecule has 17 heavy (non-hydrogen) atoms. The lowest BCUT2D eigenvalue weighted by Crippen LogP contribution is -2.47. The van der Waals surface area contributed by atoms with Crippen molar-refractivity contribution in [2.75, 3.05) is 19.7 Å². The molecule has 2 N–H and O–H groups in total. The van der Waals surface area contributed by atoms with Crippen molar-refractivity contribution >= 4 is 12.0 Å². The Morgan fingerprint density at radius 3 is 2.71 bits per heavy atom. The van der Waals surface area contributed by atoms with Crippen LogP contribution in [-0.4, -0.2) is 53.8 Å². The van der Waals surface area contributed by atoms with Gasteiger partial charge in [0.25, 0.3) is 0 Å². The predicted octanol–water partition coefficient (Wildman–Crippen LogP) is 0.670. The number of amides is 2. The highest BCUT2D eigenvalue weighted by Crippen LogP contribution is 2.12. The lowest BCUT2D eigenvalue weighted by molar-refractivity contribution is -0.137. The summed E-state index contributed by atoms with van der Waals surface area (Å²) >= 11 is 0. The van der Waals surface area contributed by atoms with Crippen LogP contribution in [0.4, 0.5) is 4.79 Å². The number of nitrogens with zero attached hydrogens (tertiary/aromatic N) is 1. The molecule has 6 heteroatoms. The molecule has 1 heterocycles. The number of hydrogen-bond donors (Lipinski definition) is 2. The summed E-state index contributed by atoms with van der Waals surface area (Å²) in [5.74, 6) is -0.895. The summed E-state index contributed by atoms with van der Waals surface area (Å²) in [4.78, 5) is 23.8. The third kappa shape index (κ3) is 4.22. The van der Waals surface area contributed by atoms with Gasteiger partial charge in [0.15, 0.2) is 0 Å². The van der Waals surface area contributed by atoms with Crippen LogP contribution in [0.5, 0.6) is 0 Å². The number of urea groups is 1. The Morgan fingerprint density at radius 2 is 2.24 bits per heavy atom. The zero-order valence-corrected chi connectivity index (χ0v) is 10.3. The van der Waals surface area contributed by atoms with Crippen molar-refractivity contribution in [3.05, 3.63) is 0 Å². The van der Waals surface area contributed by atoms with E-state index in [1.165, 1.54) is 4.90 Å². The number of nitrogens with one attached hydrogen (secondary N) is 1. The van der Waals surface area contributed by atoms with Crippen molar-refractivity contribution in [2.45, 2.75) is 38.8 Å². The minimum atomic E-state index is -0.895. The average molecular weight is 244 g/mol. The summed E-state index contributed by atoms with van der Waals surface area (Å²) in [6.45, 7) is 5.15. The van der Waals surface area contributed by atoms with Crippen molar-refractivity contribution < 1.29 is 19.4 Å². The van der Waals surface area contributed by atoms with Gasteiger partial charge in [-0.2, -0.15) is 0 Å². The highest BCUT2D eigenvalue weighted by atomic mass is 16.5. The average Bonchev–Trinajstić information content (AvgIpc) is 2.65. The van der Waals surface area contributed by atoms with Gasteiger partial charge in [0.1, 0.15) is 0 Å². The lowest BCUT2D eigenvalue weighted by atomic mass is 10.2. The van der Waals surface area contributed by atoms with Crippen LogP contribution in [0, 0.1) is 0 Å². The Hall–Kier alpha value is -1.30. The Kier molecular flexibility index (Phi) is 5.21. The van der Waals surface area contributed by atoms with Crippen molar-refractivity contribution in [2.24, 2.45) is 0 Å². The van der Waals surface area contributed by atoms with Crippen LogP contribution in [0.2, 0.25) is 0 Å². The number of carbonyl (C=O) groups is 2. The SMILES string of the molecule is CCN(CCC(=O)O)C(=O)NC1CCOC1C. The molecule has 0 aliphatic carbocycles. The Morgan fingerprint density at radius 1 is 1.53 bits per heavy atom. The number of carboxylic acids is 1. The minimum Gasteiger partial charge on any atom is -0.481 e. The van der Waals surface area contributed by atoms with Crippen LogP contribution in [-0.2, 0) is 9.53 Å². The van der Waals surface area contributed by atoms with E-state index in [-0.39, 0.29) is 31.1 Å². The molecule has 1 aliphatic heterocycles. The van der Waals surface area contributed by atoms with Crippen LogP contribution in [0.3, 0.4) is 0 Å². The van der Waals surface area contributed by atoms with Crippen LogP contribution in [0.15, 0.2) is 0 Å². The Balaban J connectivity index is 2.40. The first kappa shape index (κ1) is 13.8. The topological polar surface area (TPSA) is 78.9 Å². The predicted molar refractivity (Wildman–Crippen MR) is 61.9 cm³/mol.